The van der Waals surface area contributed by atoms with Crippen LogP contribution in [0.5, 0.6) is 0 Å². The normalized spacial score (nSPS) is 13.6. The number of nitrogens with zero attached hydrogens (tertiary/aromatic N) is 1. The third-order valence-corrected chi connectivity index (χ3v) is 12.0. The summed E-state index contributed by atoms with van der Waals surface area (Å²) in [4.78, 5) is 37.1. The van der Waals surface area contributed by atoms with Crippen LogP contribution < -0.4 is 5.11 Å². The second-order valence-corrected chi connectivity index (χ2v) is 20.2. The summed E-state index contributed by atoms with van der Waals surface area (Å²) in [6.45, 7) is 4.56. The summed E-state index contributed by atoms with van der Waals surface area (Å²) in [5, 5.41) is 11.7. The maximum atomic E-state index is 12.8. The average molecular weight is 1020 g/mol. The van der Waals surface area contributed by atoms with Gasteiger partial charge in [0.05, 0.1) is 40.3 Å². The Morgan fingerprint density at radius 2 is 0.781 bits per heavy atom. The van der Waals surface area contributed by atoms with Gasteiger partial charge >= 0.3 is 11.9 Å². The minimum absolute atomic E-state index is 0.142. The van der Waals surface area contributed by atoms with Crippen LogP contribution in [0.3, 0.4) is 0 Å². The summed E-state index contributed by atoms with van der Waals surface area (Å²) in [6, 6.07) is 0. The van der Waals surface area contributed by atoms with E-state index in [4.69, 9.17) is 18.9 Å². The van der Waals surface area contributed by atoms with E-state index in [1.807, 2.05) is 21.1 Å². The molecule has 9 nitrogen and oxygen atoms in total. The molecule has 0 rings (SSSR count). The molecule has 9 heteroatoms. The molecule has 0 saturated carbocycles. The Morgan fingerprint density at radius 3 is 1.18 bits per heavy atom. The van der Waals surface area contributed by atoms with Crippen molar-refractivity contribution in [3.05, 3.63) is 109 Å². The van der Waals surface area contributed by atoms with Gasteiger partial charge in [0.1, 0.15) is 13.2 Å². The molecule has 0 N–H and O–H groups in total. The molecule has 0 aromatic heterocycles. The van der Waals surface area contributed by atoms with E-state index in [0.717, 1.165) is 116 Å². The Balaban J connectivity index is 4.11. The number of unbranched alkanes of at least 4 members (excludes halogenated alkanes) is 19. The number of carboxylic acids is 1. The van der Waals surface area contributed by atoms with Crippen molar-refractivity contribution in [1.29, 1.82) is 0 Å². The Kier molecular flexibility index (Phi) is 51.2. The molecule has 0 aliphatic rings. The van der Waals surface area contributed by atoms with Crippen LogP contribution in [0, 0.1) is 0 Å². The van der Waals surface area contributed by atoms with Crippen molar-refractivity contribution < 1.29 is 42.9 Å². The van der Waals surface area contributed by atoms with E-state index in [9.17, 15) is 19.5 Å². The van der Waals surface area contributed by atoms with Gasteiger partial charge in [-0.1, -0.05) is 220 Å². The Labute approximate surface area is 447 Å². The first kappa shape index (κ1) is 69.0. The first-order chi connectivity index (χ1) is 35.6. The van der Waals surface area contributed by atoms with E-state index in [1.54, 1.807) is 0 Å². The number of carbonyl (C=O) groups excluding carboxylic acids is 3. The number of esters is 2. The Hall–Kier alpha value is -4.05. The van der Waals surface area contributed by atoms with Crippen molar-refractivity contribution in [2.75, 3.05) is 47.5 Å². The lowest BCUT2D eigenvalue weighted by Crippen LogP contribution is -2.44. The molecule has 0 aromatic rings. The number of hydrogen-bond acceptors (Lipinski definition) is 8. The van der Waals surface area contributed by atoms with Crippen molar-refractivity contribution in [1.82, 2.24) is 0 Å². The lowest BCUT2D eigenvalue weighted by atomic mass is 10.0. The molecule has 0 spiro atoms. The van der Waals surface area contributed by atoms with Gasteiger partial charge in [0.2, 0.25) is 0 Å². The van der Waals surface area contributed by atoms with Crippen LogP contribution in [0.1, 0.15) is 219 Å². The van der Waals surface area contributed by atoms with Gasteiger partial charge < -0.3 is 33.3 Å². The van der Waals surface area contributed by atoms with E-state index >= 15 is 0 Å². The largest absolute Gasteiger partial charge is 0.545 e. The fraction of sp³-hybridized carbons (Fsp3) is 0.672. The molecule has 2 unspecified atom stereocenters. The van der Waals surface area contributed by atoms with E-state index in [2.05, 4.69) is 123 Å². The second kappa shape index (κ2) is 54.2. The summed E-state index contributed by atoms with van der Waals surface area (Å²) >= 11 is 0. The molecular weight excluding hydrogens is 911 g/mol. The third-order valence-electron chi connectivity index (χ3n) is 12.0. The molecule has 0 aliphatic carbocycles. The van der Waals surface area contributed by atoms with Crippen LogP contribution in [-0.2, 0) is 33.3 Å². The molecular formula is C64H107NO8. The molecule has 0 saturated heterocycles. The van der Waals surface area contributed by atoms with Crippen molar-refractivity contribution in [2.24, 2.45) is 0 Å². The highest BCUT2D eigenvalue weighted by Gasteiger charge is 2.22. The van der Waals surface area contributed by atoms with E-state index in [0.29, 0.717) is 17.4 Å². The van der Waals surface area contributed by atoms with Crippen LogP contribution in [0.25, 0.3) is 0 Å². The van der Waals surface area contributed by atoms with Crippen molar-refractivity contribution in [2.45, 2.75) is 232 Å². The fourth-order valence-corrected chi connectivity index (χ4v) is 7.53. The van der Waals surface area contributed by atoms with Gasteiger partial charge in [0.25, 0.3) is 0 Å². The number of aliphatic carboxylic acids is 1. The number of likely N-dealkylation sites (N-methyl/N-ethyl adjacent to an activating group) is 1. The quantitative estimate of drug-likeness (QED) is 0.0195. The molecule has 0 bridgehead atoms. The van der Waals surface area contributed by atoms with Crippen LogP contribution in [0.15, 0.2) is 109 Å². The smallest absolute Gasteiger partial charge is 0.306 e. The van der Waals surface area contributed by atoms with Gasteiger partial charge in [-0.25, -0.2) is 0 Å². The SMILES string of the molecule is CC/C=C\C/C=C\C/C=C\C/C=C\C/C=C\C/C=C\C/C=C\C/C=C\CCCCCCCCCCCCCCC(=O)OC(COC(=O)CCCCCCC/C=C\CCCC)COC(OCC[N+](C)(C)C)C(=O)[O-]. The van der Waals surface area contributed by atoms with Crippen molar-refractivity contribution in [3.8, 4) is 0 Å². The molecule has 0 fully saturated rings. The molecule has 2 atom stereocenters. The fourth-order valence-electron chi connectivity index (χ4n) is 7.53. The predicted molar refractivity (Wildman–Crippen MR) is 306 cm³/mol. The highest BCUT2D eigenvalue weighted by atomic mass is 16.7. The molecule has 0 heterocycles. The summed E-state index contributed by atoms with van der Waals surface area (Å²) in [7, 11) is 5.91. The van der Waals surface area contributed by atoms with E-state index in [1.165, 1.54) is 70.6 Å². The number of ether oxygens (including phenoxy) is 4. The molecule has 0 aliphatic heterocycles. The van der Waals surface area contributed by atoms with Gasteiger partial charge in [0.15, 0.2) is 12.4 Å². The van der Waals surface area contributed by atoms with Crippen LogP contribution in [-0.4, -0.2) is 82.3 Å². The molecule has 416 valence electrons. The number of rotatable bonds is 52. The van der Waals surface area contributed by atoms with E-state index in [-0.39, 0.29) is 38.6 Å². The monoisotopic (exact) mass is 1020 g/mol. The summed E-state index contributed by atoms with van der Waals surface area (Å²) in [5.41, 5.74) is 0. The summed E-state index contributed by atoms with van der Waals surface area (Å²) < 4.78 is 22.6. The molecule has 0 amide bonds. The van der Waals surface area contributed by atoms with Crippen molar-refractivity contribution in [3.63, 3.8) is 0 Å². The number of quaternary nitrogens is 1. The van der Waals surface area contributed by atoms with Gasteiger partial charge in [0, 0.05) is 12.8 Å². The minimum atomic E-state index is -1.63. The average Bonchev–Trinajstić information content (AvgIpc) is 3.36. The number of allylic oxidation sites excluding steroid dienone is 18. The van der Waals surface area contributed by atoms with Gasteiger partial charge in [-0.2, -0.15) is 0 Å². The standard InChI is InChI=1S/C64H107NO8/c1-6-8-10-12-14-16-18-19-20-21-22-23-24-25-26-27-28-29-30-31-32-33-34-35-36-37-38-39-40-41-42-43-45-47-49-51-53-55-62(67)73-60(59-72-64(63(68)69)70-57-56-65(3,4)5)58-71-61(66)54-52-50-48-46-44-17-15-13-11-9-7-2/h8,10,13-16,19-20,22-23,25-26,28-29,31-32,34-35,60,64H,6-7,9,11-12,17-18,21,24,27,30,33,36-59H2,1-5H3/b10-8-,15-13-,16-14-,20-19-,23-22-,26-25-,29-28-,32-31-,35-34-. The number of carboxylic acid groups (broad SMARTS) is 1. The zero-order valence-electron chi connectivity index (χ0n) is 47.2. The Bertz CT molecular complexity index is 1560. The number of carbonyl (C=O) groups is 3. The van der Waals surface area contributed by atoms with Crippen LogP contribution >= 0.6 is 0 Å². The van der Waals surface area contributed by atoms with Crippen LogP contribution in [0.2, 0.25) is 0 Å². The lowest BCUT2D eigenvalue weighted by molar-refractivity contribution is -0.870. The topological polar surface area (TPSA) is 111 Å². The second-order valence-electron chi connectivity index (χ2n) is 20.2. The van der Waals surface area contributed by atoms with E-state index < -0.39 is 24.3 Å². The van der Waals surface area contributed by atoms with Gasteiger partial charge in [-0.15, -0.1) is 0 Å². The summed E-state index contributed by atoms with van der Waals surface area (Å²) in [6.07, 6.45) is 71.5. The van der Waals surface area contributed by atoms with Gasteiger partial charge in [-0.3, -0.25) is 9.59 Å². The summed E-state index contributed by atoms with van der Waals surface area (Å²) in [5.74, 6) is -2.31. The molecule has 73 heavy (non-hydrogen) atoms. The lowest BCUT2D eigenvalue weighted by Gasteiger charge is -2.26. The number of hydrogen-bond donors (Lipinski definition) is 0. The van der Waals surface area contributed by atoms with Crippen LogP contribution in [0.4, 0.5) is 0 Å². The van der Waals surface area contributed by atoms with Gasteiger partial charge in [-0.05, 0) is 96.3 Å². The highest BCUT2D eigenvalue weighted by Crippen LogP contribution is 2.15. The first-order valence-electron chi connectivity index (χ1n) is 29.0. The maximum absolute atomic E-state index is 12.8. The Morgan fingerprint density at radius 1 is 0.425 bits per heavy atom. The maximum Gasteiger partial charge on any atom is 0.306 e. The highest BCUT2D eigenvalue weighted by molar-refractivity contribution is 5.70. The zero-order valence-corrected chi connectivity index (χ0v) is 47.2. The molecule has 0 radical (unpaired) electrons. The predicted octanol–water partition coefficient (Wildman–Crippen LogP) is 15.8. The van der Waals surface area contributed by atoms with Crippen molar-refractivity contribution >= 4 is 17.9 Å². The third kappa shape index (κ3) is 55.5. The minimum Gasteiger partial charge on any atom is -0.545 e. The first-order valence-corrected chi connectivity index (χ1v) is 29.0. The molecule has 0 aromatic carbocycles. The zero-order chi connectivity index (χ0) is 53.4.